The number of benzene rings is 2. The first-order valence-electron chi connectivity index (χ1n) is 9.51. The standard InChI is InChI=1S/C22H26N4O4/c1-14-10-18(29-4)19(30-5)11-15(14)12-25(3)13-26-22(28)17-9-7-6-8-16(17)20(24-26)21(27)23-2/h6-11H,12-13H2,1-5H3,(H,23,27). The predicted octanol–water partition coefficient (Wildman–Crippen LogP) is 2.17. The van der Waals surface area contributed by atoms with Gasteiger partial charge in [-0.25, -0.2) is 4.68 Å². The van der Waals surface area contributed by atoms with Gasteiger partial charge in [-0.15, -0.1) is 0 Å². The highest BCUT2D eigenvalue weighted by molar-refractivity contribution is 6.04. The zero-order valence-corrected chi connectivity index (χ0v) is 17.9. The van der Waals surface area contributed by atoms with E-state index in [0.29, 0.717) is 28.8 Å². The molecular formula is C22H26N4O4. The number of fused-ring (bicyclic) bond motifs is 1. The molecule has 0 aliphatic rings. The lowest BCUT2D eigenvalue weighted by Gasteiger charge is -2.20. The summed E-state index contributed by atoms with van der Waals surface area (Å²) in [6, 6.07) is 10.9. The third kappa shape index (κ3) is 4.13. The second kappa shape index (κ2) is 8.96. The number of amides is 1. The van der Waals surface area contributed by atoms with Crippen molar-refractivity contribution in [3.63, 3.8) is 0 Å². The topological polar surface area (TPSA) is 85.7 Å². The third-order valence-corrected chi connectivity index (χ3v) is 4.97. The lowest BCUT2D eigenvalue weighted by Crippen LogP contribution is -2.34. The van der Waals surface area contributed by atoms with Crippen molar-refractivity contribution >= 4 is 16.7 Å². The number of hydrogen-bond acceptors (Lipinski definition) is 6. The summed E-state index contributed by atoms with van der Waals surface area (Å²) in [5, 5.41) is 7.93. The number of aryl methyl sites for hydroxylation is 1. The van der Waals surface area contributed by atoms with Gasteiger partial charge in [0.05, 0.1) is 26.3 Å². The van der Waals surface area contributed by atoms with Crippen molar-refractivity contribution in [2.45, 2.75) is 20.1 Å². The van der Waals surface area contributed by atoms with E-state index in [1.807, 2.05) is 31.0 Å². The summed E-state index contributed by atoms with van der Waals surface area (Å²) in [6.45, 7) is 2.78. The number of carbonyl (C=O) groups is 1. The fraction of sp³-hybridized carbons (Fsp3) is 0.318. The summed E-state index contributed by atoms with van der Waals surface area (Å²) in [6.07, 6.45) is 0. The van der Waals surface area contributed by atoms with Crippen LogP contribution in [0.25, 0.3) is 10.8 Å². The molecule has 0 bridgehead atoms. The van der Waals surface area contributed by atoms with Gasteiger partial charge in [0, 0.05) is 19.0 Å². The maximum atomic E-state index is 12.9. The molecule has 0 unspecified atom stereocenters. The molecule has 3 rings (SSSR count). The second-order valence-electron chi connectivity index (χ2n) is 7.07. The Morgan fingerprint density at radius 2 is 1.77 bits per heavy atom. The molecule has 0 aliphatic carbocycles. The van der Waals surface area contributed by atoms with E-state index in [2.05, 4.69) is 10.4 Å². The minimum absolute atomic E-state index is 0.224. The molecule has 0 fully saturated rings. The molecule has 0 aliphatic heterocycles. The lowest BCUT2D eigenvalue weighted by molar-refractivity contribution is 0.0956. The molecule has 1 N–H and O–H groups in total. The zero-order chi connectivity index (χ0) is 21.8. The van der Waals surface area contributed by atoms with E-state index in [1.54, 1.807) is 45.5 Å². The summed E-state index contributed by atoms with van der Waals surface area (Å²) in [4.78, 5) is 27.2. The highest BCUT2D eigenvalue weighted by Gasteiger charge is 2.17. The summed E-state index contributed by atoms with van der Waals surface area (Å²) in [5.74, 6) is 0.983. The molecule has 1 amide bonds. The van der Waals surface area contributed by atoms with Crippen LogP contribution < -0.4 is 20.3 Å². The maximum Gasteiger partial charge on any atom is 0.275 e. The molecule has 8 nitrogen and oxygen atoms in total. The Balaban J connectivity index is 1.94. The Morgan fingerprint density at radius 1 is 1.13 bits per heavy atom. The second-order valence-corrected chi connectivity index (χ2v) is 7.07. The summed E-state index contributed by atoms with van der Waals surface area (Å²) in [7, 11) is 6.63. The monoisotopic (exact) mass is 410 g/mol. The zero-order valence-electron chi connectivity index (χ0n) is 17.9. The van der Waals surface area contributed by atoms with Gasteiger partial charge >= 0.3 is 0 Å². The van der Waals surface area contributed by atoms with Crippen LogP contribution >= 0.6 is 0 Å². The molecule has 3 aromatic rings. The minimum atomic E-state index is -0.335. The van der Waals surface area contributed by atoms with E-state index in [1.165, 1.54) is 4.68 Å². The molecule has 0 atom stereocenters. The first kappa shape index (κ1) is 21.3. The SMILES string of the molecule is CNC(=O)c1nn(CN(C)Cc2cc(OC)c(OC)cc2C)c(=O)c2ccccc12. The van der Waals surface area contributed by atoms with Crippen molar-refractivity contribution in [1.82, 2.24) is 20.0 Å². The third-order valence-electron chi connectivity index (χ3n) is 4.97. The van der Waals surface area contributed by atoms with Crippen LogP contribution in [0.1, 0.15) is 21.6 Å². The highest BCUT2D eigenvalue weighted by atomic mass is 16.5. The summed E-state index contributed by atoms with van der Waals surface area (Å²) >= 11 is 0. The number of nitrogens with zero attached hydrogens (tertiary/aromatic N) is 3. The first-order chi connectivity index (χ1) is 14.4. The predicted molar refractivity (Wildman–Crippen MR) is 115 cm³/mol. The molecule has 30 heavy (non-hydrogen) atoms. The minimum Gasteiger partial charge on any atom is -0.493 e. The van der Waals surface area contributed by atoms with Gasteiger partial charge in [0.1, 0.15) is 0 Å². The van der Waals surface area contributed by atoms with Crippen LogP contribution in [-0.4, -0.2) is 48.9 Å². The van der Waals surface area contributed by atoms with E-state index in [-0.39, 0.29) is 23.8 Å². The van der Waals surface area contributed by atoms with Crippen molar-refractivity contribution in [3.8, 4) is 11.5 Å². The van der Waals surface area contributed by atoms with E-state index in [0.717, 1.165) is 11.1 Å². The van der Waals surface area contributed by atoms with Crippen molar-refractivity contribution in [3.05, 3.63) is 63.6 Å². The van der Waals surface area contributed by atoms with E-state index in [4.69, 9.17) is 9.47 Å². The largest absolute Gasteiger partial charge is 0.493 e. The van der Waals surface area contributed by atoms with Crippen LogP contribution in [-0.2, 0) is 13.2 Å². The smallest absolute Gasteiger partial charge is 0.275 e. The first-order valence-corrected chi connectivity index (χ1v) is 9.51. The molecule has 158 valence electrons. The van der Waals surface area contributed by atoms with Crippen LogP contribution in [0.4, 0.5) is 0 Å². The van der Waals surface area contributed by atoms with Crippen LogP contribution in [0.15, 0.2) is 41.2 Å². The van der Waals surface area contributed by atoms with Crippen molar-refractivity contribution in [2.75, 3.05) is 28.3 Å². The average molecular weight is 410 g/mol. The Morgan fingerprint density at radius 3 is 2.40 bits per heavy atom. The van der Waals surface area contributed by atoms with E-state index >= 15 is 0 Å². The highest BCUT2D eigenvalue weighted by Crippen LogP contribution is 2.30. The van der Waals surface area contributed by atoms with Crippen molar-refractivity contribution in [2.24, 2.45) is 0 Å². The van der Waals surface area contributed by atoms with Gasteiger partial charge in [-0.2, -0.15) is 5.10 Å². The van der Waals surface area contributed by atoms with Crippen LogP contribution in [0.3, 0.4) is 0 Å². The van der Waals surface area contributed by atoms with E-state index < -0.39 is 0 Å². The number of ether oxygens (including phenoxy) is 2. The Kier molecular flexibility index (Phi) is 6.37. The van der Waals surface area contributed by atoms with E-state index in [9.17, 15) is 9.59 Å². The number of rotatable bonds is 7. The summed E-state index contributed by atoms with van der Waals surface area (Å²) in [5.41, 5.74) is 2.07. The number of nitrogens with one attached hydrogen (secondary N) is 1. The van der Waals surface area contributed by atoms with Crippen LogP contribution in [0.5, 0.6) is 11.5 Å². The molecule has 0 saturated carbocycles. The summed E-state index contributed by atoms with van der Waals surface area (Å²) < 4.78 is 12.1. The van der Waals surface area contributed by atoms with Gasteiger partial charge in [-0.1, -0.05) is 18.2 Å². The van der Waals surface area contributed by atoms with Gasteiger partial charge in [-0.05, 0) is 43.3 Å². The molecule has 1 aromatic heterocycles. The van der Waals surface area contributed by atoms with Crippen LogP contribution in [0, 0.1) is 6.92 Å². The van der Waals surface area contributed by atoms with Gasteiger partial charge in [0.15, 0.2) is 17.2 Å². The number of methoxy groups -OCH3 is 2. The Labute approximate surface area is 175 Å². The van der Waals surface area contributed by atoms with Gasteiger partial charge in [-0.3, -0.25) is 14.5 Å². The normalized spacial score (nSPS) is 11.0. The number of aromatic nitrogens is 2. The van der Waals surface area contributed by atoms with Gasteiger partial charge in [0.25, 0.3) is 11.5 Å². The average Bonchev–Trinajstić information content (AvgIpc) is 2.76. The Hall–Kier alpha value is -3.39. The Bertz CT molecular complexity index is 1140. The fourth-order valence-electron chi connectivity index (χ4n) is 3.38. The van der Waals surface area contributed by atoms with Gasteiger partial charge < -0.3 is 14.8 Å². The number of hydrogen-bond donors (Lipinski definition) is 1. The van der Waals surface area contributed by atoms with Crippen molar-refractivity contribution in [1.29, 1.82) is 0 Å². The van der Waals surface area contributed by atoms with Crippen LogP contribution in [0.2, 0.25) is 0 Å². The number of carbonyl (C=O) groups excluding carboxylic acids is 1. The van der Waals surface area contributed by atoms with Gasteiger partial charge in [0.2, 0.25) is 0 Å². The molecule has 8 heteroatoms. The molecular weight excluding hydrogens is 384 g/mol. The fourth-order valence-corrected chi connectivity index (χ4v) is 3.38. The lowest BCUT2D eigenvalue weighted by atomic mass is 10.1. The molecule has 0 saturated heterocycles. The molecule has 2 aromatic carbocycles. The molecule has 1 heterocycles. The molecule has 0 spiro atoms. The quantitative estimate of drug-likeness (QED) is 0.643. The van der Waals surface area contributed by atoms with Crippen molar-refractivity contribution < 1.29 is 14.3 Å². The molecule has 0 radical (unpaired) electrons. The maximum absolute atomic E-state index is 12.9.